The first-order valence-electron chi connectivity index (χ1n) is 5.26. The lowest BCUT2D eigenvalue weighted by Crippen LogP contribution is -2.44. The quantitative estimate of drug-likeness (QED) is 0.782. The zero-order valence-corrected chi connectivity index (χ0v) is 10.0. The molecule has 0 bridgehead atoms. The van der Waals surface area contributed by atoms with E-state index in [1.54, 1.807) is 0 Å². The number of aliphatic hydroxyl groups is 1. The summed E-state index contributed by atoms with van der Waals surface area (Å²) >= 11 is 3.28. The summed E-state index contributed by atoms with van der Waals surface area (Å²) in [5, 5.41) is 9.63. The fourth-order valence-electron chi connectivity index (χ4n) is 2.00. The standard InChI is InChI=1S/C10H18BrNO2/c11-6-4-10(14)12-7-2-1-3-9(12)5-8-13/h9,13H,1-8H2. The van der Waals surface area contributed by atoms with Crippen LogP contribution in [0.2, 0.25) is 0 Å². The van der Waals surface area contributed by atoms with E-state index >= 15 is 0 Å². The van der Waals surface area contributed by atoms with Crippen LogP contribution in [0.1, 0.15) is 32.1 Å². The maximum atomic E-state index is 11.7. The van der Waals surface area contributed by atoms with Crippen molar-refractivity contribution in [3.05, 3.63) is 0 Å². The SMILES string of the molecule is O=C(CCBr)N1CCCCC1CCO. The zero-order chi connectivity index (χ0) is 10.4. The van der Waals surface area contributed by atoms with Crippen molar-refractivity contribution in [2.45, 2.75) is 38.1 Å². The van der Waals surface area contributed by atoms with Crippen LogP contribution in [-0.4, -0.2) is 40.4 Å². The highest BCUT2D eigenvalue weighted by Gasteiger charge is 2.25. The van der Waals surface area contributed by atoms with Gasteiger partial charge in [0.15, 0.2) is 0 Å². The molecule has 1 saturated heterocycles. The maximum absolute atomic E-state index is 11.7. The average molecular weight is 264 g/mol. The van der Waals surface area contributed by atoms with Gasteiger partial charge in [-0.15, -0.1) is 0 Å². The first kappa shape index (κ1) is 12.0. The largest absolute Gasteiger partial charge is 0.396 e. The van der Waals surface area contributed by atoms with E-state index in [-0.39, 0.29) is 18.6 Å². The van der Waals surface area contributed by atoms with Crippen molar-refractivity contribution in [2.75, 3.05) is 18.5 Å². The highest BCUT2D eigenvalue weighted by molar-refractivity contribution is 9.09. The normalized spacial score (nSPS) is 22.4. The number of rotatable bonds is 4. The van der Waals surface area contributed by atoms with Crippen molar-refractivity contribution in [1.82, 2.24) is 4.90 Å². The minimum absolute atomic E-state index is 0.183. The molecule has 1 amide bonds. The number of hydrogen-bond donors (Lipinski definition) is 1. The average Bonchev–Trinajstić information content (AvgIpc) is 2.19. The molecule has 3 nitrogen and oxygen atoms in total. The molecular weight excluding hydrogens is 246 g/mol. The van der Waals surface area contributed by atoms with Gasteiger partial charge in [-0.2, -0.15) is 0 Å². The van der Waals surface area contributed by atoms with Gasteiger partial charge in [0, 0.05) is 30.9 Å². The Kier molecular flexibility index (Phi) is 5.48. The number of piperidine rings is 1. The molecule has 82 valence electrons. The topological polar surface area (TPSA) is 40.5 Å². The van der Waals surface area contributed by atoms with E-state index < -0.39 is 0 Å². The van der Waals surface area contributed by atoms with Crippen LogP contribution in [0.5, 0.6) is 0 Å². The van der Waals surface area contributed by atoms with E-state index in [0.717, 1.165) is 31.1 Å². The summed E-state index contributed by atoms with van der Waals surface area (Å²) in [6.07, 6.45) is 4.64. The molecule has 0 aromatic rings. The second kappa shape index (κ2) is 6.40. The molecule has 0 aromatic heterocycles. The van der Waals surface area contributed by atoms with Gasteiger partial charge in [0.2, 0.25) is 5.91 Å². The number of carbonyl (C=O) groups is 1. The molecule has 14 heavy (non-hydrogen) atoms. The second-order valence-electron chi connectivity index (χ2n) is 3.69. The Morgan fingerprint density at radius 3 is 2.93 bits per heavy atom. The number of carbonyl (C=O) groups excluding carboxylic acids is 1. The Morgan fingerprint density at radius 2 is 2.29 bits per heavy atom. The Bertz CT molecular complexity index is 185. The molecule has 1 rings (SSSR count). The molecule has 0 aliphatic carbocycles. The first-order valence-corrected chi connectivity index (χ1v) is 6.38. The van der Waals surface area contributed by atoms with Crippen molar-refractivity contribution < 1.29 is 9.90 Å². The lowest BCUT2D eigenvalue weighted by Gasteiger charge is -2.35. The third-order valence-electron chi connectivity index (χ3n) is 2.72. The van der Waals surface area contributed by atoms with Crippen molar-refractivity contribution >= 4 is 21.8 Å². The van der Waals surface area contributed by atoms with Crippen LogP contribution in [0.15, 0.2) is 0 Å². The van der Waals surface area contributed by atoms with Gasteiger partial charge in [0.05, 0.1) is 0 Å². The summed E-state index contributed by atoms with van der Waals surface area (Å²) in [6, 6.07) is 0.278. The molecule has 1 atom stereocenters. The summed E-state index contributed by atoms with van der Waals surface area (Å²) in [5.74, 6) is 0.222. The van der Waals surface area contributed by atoms with E-state index in [9.17, 15) is 4.79 Å². The number of halogens is 1. The molecular formula is C10H18BrNO2. The zero-order valence-electron chi connectivity index (χ0n) is 8.41. The Morgan fingerprint density at radius 1 is 1.50 bits per heavy atom. The molecule has 1 aliphatic heterocycles. The van der Waals surface area contributed by atoms with Gasteiger partial charge in [-0.1, -0.05) is 15.9 Å². The van der Waals surface area contributed by atoms with E-state index in [1.165, 1.54) is 6.42 Å². The number of likely N-dealkylation sites (tertiary alicyclic amines) is 1. The number of hydrogen-bond acceptors (Lipinski definition) is 2. The van der Waals surface area contributed by atoms with Gasteiger partial charge in [0.25, 0.3) is 0 Å². The summed E-state index contributed by atoms with van der Waals surface area (Å²) in [6.45, 7) is 1.05. The van der Waals surface area contributed by atoms with E-state index in [2.05, 4.69) is 15.9 Å². The molecule has 1 fully saturated rings. The van der Waals surface area contributed by atoms with Crippen LogP contribution in [0.3, 0.4) is 0 Å². The summed E-state index contributed by atoms with van der Waals surface area (Å²) in [7, 11) is 0. The lowest BCUT2D eigenvalue weighted by molar-refractivity contribution is -0.134. The third-order valence-corrected chi connectivity index (χ3v) is 3.11. The van der Waals surface area contributed by atoms with Crippen LogP contribution in [0, 0.1) is 0 Å². The van der Waals surface area contributed by atoms with E-state index in [1.807, 2.05) is 4.90 Å². The Labute approximate surface area is 93.6 Å². The van der Waals surface area contributed by atoms with E-state index in [4.69, 9.17) is 5.11 Å². The number of alkyl halides is 1. The fraction of sp³-hybridized carbons (Fsp3) is 0.900. The molecule has 1 aliphatic rings. The van der Waals surface area contributed by atoms with Gasteiger partial charge >= 0.3 is 0 Å². The third kappa shape index (κ3) is 3.24. The number of aliphatic hydroxyl groups excluding tert-OH is 1. The minimum atomic E-state index is 0.183. The number of amides is 1. The lowest BCUT2D eigenvalue weighted by atomic mass is 9.99. The fourth-order valence-corrected chi connectivity index (χ4v) is 2.34. The van der Waals surface area contributed by atoms with Crippen molar-refractivity contribution in [1.29, 1.82) is 0 Å². The summed E-state index contributed by atoms with van der Waals surface area (Å²) < 4.78 is 0. The predicted octanol–water partition coefficient (Wildman–Crippen LogP) is 1.53. The molecule has 4 heteroatoms. The van der Waals surface area contributed by atoms with Crippen LogP contribution >= 0.6 is 15.9 Å². The van der Waals surface area contributed by atoms with Gasteiger partial charge in [-0.05, 0) is 25.7 Å². The van der Waals surface area contributed by atoms with Crippen molar-refractivity contribution in [2.24, 2.45) is 0 Å². The van der Waals surface area contributed by atoms with Crippen molar-refractivity contribution in [3.63, 3.8) is 0 Å². The molecule has 0 radical (unpaired) electrons. The number of nitrogens with zero attached hydrogens (tertiary/aromatic N) is 1. The van der Waals surface area contributed by atoms with Gasteiger partial charge in [-0.25, -0.2) is 0 Å². The highest BCUT2D eigenvalue weighted by atomic mass is 79.9. The van der Waals surface area contributed by atoms with Gasteiger partial charge in [0.1, 0.15) is 0 Å². The van der Waals surface area contributed by atoms with Crippen LogP contribution < -0.4 is 0 Å². The van der Waals surface area contributed by atoms with Crippen LogP contribution in [-0.2, 0) is 4.79 Å². The van der Waals surface area contributed by atoms with E-state index in [0.29, 0.717) is 6.42 Å². The highest BCUT2D eigenvalue weighted by Crippen LogP contribution is 2.20. The minimum Gasteiger partial charge on any atom is -0.396 e. The molecule has 1 heterocycles. The Balaban J connectivity index is 2.48. The second-order valence-corrected chi connectivity index (χ2v) is 4.48. The molecule has 0 spiro atoms. The first-order chi connectivity index (χ1) is 6.79. The maximum Gasteiger partial charge on any atom is 0.223 e. The van der Waals surface area contributed by atoms with Gasteiger partial charge < -0.3 is 10.0 Å². The predicted molar refractivity (Wildman–Crippen MR) is 59.5 cm³/mol. The van der Waals surface area contributed by atoms with Gasteiger partial charge in [-0.3, -0.25) is 4.79 Å². The smallest absolute Gasteiger partial charge is 0.223 e. The summed E-state index contributed by atoms with van der Waals surface area (Å²) in [4.78, 5) is 13.6. The monoisotopic (exact) mass is 263 g/mol. The van der Waals surface area contributed by atoms with Crippen LogP contribution in [0.4, 0.5) is 0 Å². The Hall–Kier alpha value is -0.0900. The molecule has 0 saturated carbocycles. The van der Waals surface area contributed by atoms with Crippen LogP contribution in [0.25, 0.3) is 0 Å². The summed E-state index contributed by atoms with van der Waals surface area (Å²) in [5.41, 5.74) is 0. The molecule has 0 aromatic carbocycles. The van der Waals surface area contributed by atoms with Crippen molar-refractivity contribution in [3.8, 4) is 0 Å². The molecule has 1 unspecified atom stereocenters. The molecule has 1 N–H and O–H groups in total.